The van der Waals surface area contributed by atoms with Gasteiger partial charge in [0.2, 0.25) is 5.91 Å². The summed E-state index contributed by atoms with van der Waals surface area (Å²) in [6, 6.07) is 8.06. The number of primary amides is 1. The monoisotopic (exact) mass is 213 g/mol. The predicted octanol–water partition coefficient (Wildman–Crippen LogP) is 1.33. The third kappa shape index (κ3) is 1.16. The highest BCUT2D eigenvalue weighted by atomic mass is 16.1. The lowest BCUT2D eigenvalue weighted by molar-refractivity contribution is -0.118. The minimum Gasteiger partial charge on any atom is -0.370 e. The minimum atomic E-state index is -0.290. The van der Waals surface area contributed by atoms with Gasteiger partial charge in [0.25, 0.3) is 0 Å². The van der Waals surface area contributed by atoms with Gasteiger partial charge in [-0.2, -0.15) is 0 Å². The van der Waals surface area contributed by atoms with E-state index in [1.807, 2.05) is 35.0 Å². The van der Waals surface area contributed by atoms with Crippen LogP contribution in [0.4, 0.5) is 0 Å². The number of amides is 1. The minimum absolute atomic E-state index is 0.00574. The Kier molecular flexibility index (Phi) is 1.83. The van der Waals surface area contributed by atoms with Gasteiger partial charge in [-0.3, -0.25) is 4.79 Å². The van der Waals surface area contributed by atoms with Gasteiger partial charge in [-0.15, -0.1) is 0 Å². The highest BCUT2D eigenvalue weighted by molar-refractivity contribution is 5.77. The van der Waals surface area contributed by atoms with Gasteiger partial charge in [0.1, 0.15) is 0 Å². The number of carbonyl (C=O) groups is 1. The normalized spacial score (nSPS) is 16.9. The molecular weight excluding hydrogens is 202 g/mol. The Bertz CT molecular complexity index is 559. The van der Waals surface area contributed by atoms with Gasteiger partial charge in [-0.25, -0.2) is 4.98 Å². The van der Waals surface area contributed by atoms with Gasteiger partial charge < -0.3 is 10.3 Å². The largest absolute Gasteiger partial charge is 0.370 e. The molecule has 16 heavy (non-hydrogen) atoms. The standard InChI is InChI=1S/C12H11N3O/c13-12(16)5-10-8-3-1-2-4-9(8)11-6-14-7-15(10)11/h1-4,6-7,10H,5H2,(H2,13,16). The first kappa shape index (κ1) is 9.15. The molecule has 1 aliphatic rings. The molecular formula is C12H11N3O. The summed E-state index contributed by atoms with van der Waals surface area (Å²) in [6.07, 6.45) is 3.89. The molecule has 0 saturated heterocycles. The Morgan fingerprint density at radius 1 is 1.44 bits per heavy atom. The van der Waals surface area contributed by atoms with Crippen LogP contribution < -0.4 is 5.73 Å². The summed E-state index contributed by atoms with van der Waals surface area (Å²) in [4.78, 5) is 15.2. The van der Waals surface area contributed by atoms with Crippen LogP contribution in [0.1, 0.15) is 18.0 Å². The molecule has 0 spiro atoms. The topological polar surface area (TPSA) is 60.9 Å². The van der Waals surface area contributed by atoms with Crippen molar-refractivity contribution in [3.63, 3.8) is 0 Å². The Hall–Kier alpha value is -2.10. The van der Waals surface area contributed by atoms with E-state index in [-0.39, 0.29) is 11.9 Å². The van der Waals surface area contributed by atoms with Crippen LogP contribution in [-0.4, -0.2) is 15.5 Å². The summed E-state index contributed by atoms with van der Waals surface area (Å²) in [5.74, 6) is -0.290. The van der Waals surface area contributed by atoms with Crippen LogP contribution in [0.15, 0.2) is 36.8 Å². The number of carbonyl (C=O) groups excluding carboxylic acids is 1. The van der Waals surface area contributed by atoms with Crippen LogP contribution in [0.25, 0.3) is 11.3 Å². The lowest BCUT2D eigenvalue weighted by atomic mass is 10.0. The van der Waals surface area contributed by atoms with Gasteiger partial charge >= 0.3 is 0 Å². The van der Waals surface area contributed by atoms with E-state index in [4.69, 9.17) is 5.73 Å². The van der Waals surface area contributed by atoms with Gasteiger partial charge in [0.05, 0.1) is 30.7 Å². The van der Waals surface area contributed by atoms with Crippen LogP contribution in [0.5, 0.6) is 0 Å². The van der Waals surface area contributed by atoms with E-state index in [1.54, 1.807) is 6.33 Å². The summed E-state index contributed by atoms with van der Waals surface area (Å²) in [7, 11) is 0. The van der Waals surface area contributed by atoms with Gasteiger partial charge in [-0.05, 0) is 5.56 Å². The molecule has 1 aromatic heterocycles. The van der Waals surface area contributed by atoms with E-state index in [0.717, 1.165) is 16.8 Å². The first-order valence-corrected chi connectivity index (χ1v) is 5.17. The smallest absolute Gasteiger partial charge is 0.219 e. The molecule has 2 aromatic rings. The average molecular weight is 213 g/mol. The number of hydrogen-bond acceptors (Lipinski definition) is 2. The number of aromatic nitrogens is 2. The van der Waals surface area contributed by atoms with E-state index in [1.165, 1.54) is 0 Å². The van der Waals surface area contributed by atoms with Crippen LogP contribution in [0.3, 0.4) is 0 Å². The number of benzene rings is 1. The Labute approximate surface area is 92.7 Å². The molecule has 1 aromatic carbocycles. The number of imidazole rings is 1. The van der Waals surface area contributed by atoms with Crippen LogP contribution in [0.2, 0.25) is 0 Å². The molecule has 4 heteroatoms. The van der Waals surface area contributed by atoms with Crippen LogP contribution in [-0.2, 0) is 4.79 Å². The molecule has 0 bridgehead atoms. The first-order valence-electron chi connectivity index (χ1n) is 5.17. The maximum atomic E-state index is 11.1. The third-order valence-electron chi connectivity index (χ3n) is 2.99. The van der Waals surface area contributed by atoms with Gasteiger partial charge in [0, 0.05) is 5.56 Å². The van der Waals surface area contributed by atoms with E-state index >= 15 is 0 Å². The Balaban J connectivity index is 2.17. The predicted molar refractivity (Wildman–Crippen MR) is 59.6 cm³/mol. The SMILES string of the molecule is NC(=O)CC1c2ccccc2-c2cncn21. The molecule has 4 nitrogen and oxygen atoms in total. The highest BCUT2D eigenvalue weighted by Crippen LogP contribution is 2.40. The average Bonchev–Trinajstić information content (AvgIpc) is 2.82. The molecule has 3 rings (SSSR count). The molecule has 2 heterocycles. The van der Waals surface area contributed by atoms with Crippen LogP contribution >= 0.6 is 0 Å². The molecule has 0 radical (unpaired) electrons. The van der Waals surface area contributed by atoms with Crippen molar-refractivity contribution < 1.29 is 4.79 Å². The van der Waals surface area contributed by atoms with Crippen molar-refractivity contribution in [1.82, 2.24) is 9.55 Å². The lowest BCUT2D eigenvalue weighted by Crippen LogP contribution is -2.17. The quantitative estimate of drug-likeness (QED) is 0.818. The van der Waals surface area contributed by atoms with Crippen molar-refractivity contribution in [3.8, 4) is 11.3 Å². The Morgan fingerprint density at radius 2 is 2.25 bits per heavy atom. The van der Waals surface area contributed by atoms with E-state index < -0.39 is 0 Å². The lowest BCUT2D eigenvalue weighted by Gasteiger charge is -2.11. The van der Waals surface area contributed by atoms with Crippen molar-refractivity contribution in [2.24, 2.45) is 5.73 Å². The number of nitrogens with two attached hydrogens (primary N) is 1. The molecule has 0 fully saturated rings. The summed E-state index contributed by atoms with van der Waals surface area (Å²) < 4.78 is 2.01. The molecule has 1 atom stereocenters. The van der Waals surface area contributed by atoms with Crippen molar-refractivity contribution in [1.29, 1.82) is 0 Å². The summed E-state index contributed by atoms with van der Waals surface area (Å²) in [5.41, 5.74) is 8.64. The van der Waals surface area contributed by atoms with E-state index in [9.17, 15) is 4.79 Å². The summed E-state index contributed by atoms with van der Waals surface area (Å²) in [6.45, 7) is 0. The molecule has 0 aliphatic carbocycles. The number of nitrogens with zero attached hydrogens (tertiary/aromatic N) is 2. The van der Waals surface area contributed by atoms with E-state index in [0.29, 0.717) is 6.42 Å². The fraction of sp³-hybridized carbons (Fsp3) is 0.167. The zero-order valence-corrected chi connectivity index (χ0v) is 8.63. The second-order valence-corrected chi connectivity index (χ2v) is 3.96. The summed E-state index contributed by atoms with van der Waals surface area (Å²) in [5, 5.41) is 0. The van der Waals surface area contributed by atoms with E-state index in [2.05, 4.69) is 4.98 Å². The number of rotatable bonds is 2. The molecule has 1 unspecified atom stereocenters. The van der Waals surface area contributed by atoms with Crippen molar-refractivity contribution in [2.75, 3.05) is 0 Å². The maximum Gasteiger partial charge on any atom is 0.219 e. The fourth-order valence-corrected chi connectivity index (χ4v) is 2.33. The molecule has 2 N–H and O–H groups in total. The second-order valence-electron chi connectivity index (χ2n) is 3.96. The van der Waals surface area contributed by atoms with Gasteiger partial charge in [0.15, 0.2) is 0 Å². The van der Waals surface area contributed by atoms with Crippen molar-refractivity contribution in [2.45, 2.75) is 12.5 Å². The molecule has 1 amide bonds. The zero-order valence-electron chi connectivity index (χ0n) is 8.63. The first-order chi connectivity index (χ1) is 7.77. The number of fused-ring (bicyclic) bond motifs is 3. The van der Waals surface area contributed by atoms with Gasteiger partial charge in [-0.1, -0.05) is 24.3 Å². The fourth-order valence-electron chi connectivity index (χ4n) is 2.33. The van der Waals surface area contributed by atoms with Crippen molar-refractivity contribution in [3.05, 3.63) is 42.4 Å². The van der Waals surface area contributed by atoms with Crippen LogP contribution in [0, 0.1) is 0 Å². The number of hydrogen-bond donors (Lipinski definition) is 1. The zero-order chi connectivity index (χ0) is 11.1. The molecule has 0 saturated carbocycles. The molecule has 1 aliphatic heterocycles. The summed E-state index contributed by atoms with van der Waals surface area (Å²) >= 11 is 0. The van der Waals surface area contributed by atoms with Crippen molar-refractivity contribution >= 4 is 5.91 Å². The third-order valence-corrected chi connectivity index (χ3v) is 2.99. The maximum absolute atomic E-state index is 11.1. The Morgan fingerprint density at radius 3 is 3.06 bits per heavy atom. The molecule has 80 valence electrons. The second kappa shape index (κ2) is 3.20. The highest BCUT2D eigenvalue weighted by Gasteiger charge is 2.28.